The highest BCUT2D eigenvalue weighted by Crippen LogP contribution is 2.52. The maximum atomic E-state index is 5.47. The summed E-state index contributed by atoms with van der Waals surface area (Å²) in [6, 6.07) is 19.2. The summed E-state index contributed by atoms with van der Waals surface area (Å²) in [5.41, 5.74) is 6.21. The molecule has 1 aliphatic carbocycles. The number of aryl methyl sites for hydroxylation is 1. The summed E-state index contributed by atoms with van der Waals surface area (Å²) in [5.74, 6) is 1.65. The maximum absolute atomic E-state index is 5.47. The molecule has 4 aromatic rings. The fraction of sp³-hybridized carbons (Fsp3) is 0.130. The van der Waals surface area contributed by atoms with Crippen molar-refractivity contribution in [3.05, 3.63) is 90.4 Å². The smallest absolute Gasteiger partial charge is 0.192 e. The lowest BCUT2D eigenvalue weighted by molar-refractivity contribution is 0.534. The first-order chi connectivity index (χ1) is 13.8. The van der Waals surface area contributed by atoms with Gasteiger partial charge in [-0.05, 0) is 35.2 Å². The molecule has 0 spiro atoms. The van der Waals surface area contributed by atoms with Crippen molar-refractivity contribution in [1.82, 2.24) is 14.8 Å². The zero-order valence-corrected chi connectivity index (χ0v) is 16.3. The number of aromatic nitrogens is 3. The fourth-order valence-electron chi connectivity index (χ4n) is 3.83. The first-order valence-electron chi connectivity index (χ1n) is 9.21. The topological polar surface area (TPSA) is 43.9 Å². The van der Waals surface area contributed by atoms with Gasteiger partial charge >= 0.3 is 0 Å². The van der Waals surface area contributed by atoms with Gasteiger partial charge < -0.3 is 4.42 Å². The van der Waals surface area contributed by atoms with Gasteiger partial charge in [0, 0.05) is 6.54 Å². The third kappa shape index (κ3) is 2.62. The minimum atomic E-state index is 0.193. The van der Waals surface area contributed by atoms with E-state index in [1.807, 2.05) is 19.1 Å². The third-order valence-electron chi connectivity index (χ3n) is 5.13. The number of hydrogen-bond acceptors (Lipinski definition) is 4. The summed E-state index contributed by atoms with van der Waals surface area (Å²) >= 11 is 1.74. The molecule has 0 radical (unpaired) electrons. The van der Waals surface area contributed by atoms with Crippen molar-refractivity contribution in [3.63, 3.8) is 0 Å². The first kappa shape index (κ1) is 17.1. The van der Waals surface area contributed by atoms with Gasteiger partial charge in [-0.15, -0.1) is 16.8 Å². The Labute approximate surface area is 167 Å². The molecule has 0 saturated heterocycles. The van der Waals surface area contributed by atoms with Crippen LogP contribution in [0.5, 0.6) is 0 Å². The Hall–Kier alpha value is -3.05. The van der Waals surface area contributed by atoms with Gasteiger partial charge in [0.15, 0.2) is 11.0 Å². The lowest BCUT2D eigenvalue weighted by Gasteiger charge is -2.14. The van der Waals surface area contributed by atoms with E-state index < -0.39 is 0 Å². The van der Waals surface area contributed by atoms with Crippen molar-refractivity contribution >= 4 is 11.8 Å². The molecule has 0 bridgehead atoms. The van der Waals surface area contributed by atoms with Crippen molar-refractivity contribution < 1.29 is 4.42 Å². The largest absolute Gasteiger partial charge is 0.469 e. The number of rotatable bonds is 5. The molecule has 138 valence electrons. The molecule has 0 fully saturated rings. The van der Waals surface area contributed by atoms with Gasteiger partial charge in [-0.3, -0.25) is 4.57 Å². The number of allylic oxidation sites excluding steroid dienone is 1. The normalized spacial score (nSPS) is 12.8. The van der Waals surface area contributed by atoms with Gasteiger partial charge in [0.05, 0.1) is 17.1 Å². The van der Waals surface area contributed by atoms with Gasteiger partial charge in [-0.2, -0.15) is 0 Å². The van der Waals surface area contributed by atoms with Crippen LogP contribution in [-0.2, 0) is 6.54 Å². The number of furan rings is 1. The van der Waals surface area contributed by atoms with Crippen LogP contribution in [0.4, 0.5) is 0 Å². The quantitative estimate of drug-likeness (QED) is 0.402. The van der Waals surface area contributed by atoms with Crippen LogP contribution in [0, 0.1) is 6.92 Å². The molecule has 2 heterocycles. The van der Waals surface area contributed by atoms with E-state index in [9.17, 15) is 0 Å². The van der Waals surface area contributed by atoms with Crippen LogP contribution in [0.3, 0.4) is 0 Å². The van der Waals surface area contributed by atoms with Crippen LogP contribution < -0.4 is 0 Å². The molecule has 0 amide bonds. The molecule has 2 aromatic carbocycles. The fourth-order valence-corrected chi connectivity index (χ4v) is 5.08. The third-order valence-corrected chi connectivity index (χ3v) is 6.38. The molecule has 0 aliphatic heterocycles. The second-order valence-corrected chi connectivity index (χ2v) is 7.84. The Morgan fingerprint density at radius 2 is 1.68 bits per heavy atom. The van der Waals surface area contributed by atoms with E-state index in [0.717, 1.165) is 22.3 Å². The molecule has 2 aromatic heterocycles. The van der Waals surface area contributed by atoms with Crippen molar-refractivity contribution in [2.45, 2.75) is 23.9 Å². The van der Waals surface area contributed by atoms with Crippen molar-refractivity contribution in [2.24, 2.45) is 0 Å². The van der Waals surface area contributed by atoms with Crippen LogP contribution in [0.15, 0.2) is 83.1 Å². The molecule has 0 saturated carbocycles. The summed E-state index contributed by atoms with van der Waals surface area (Å²) in [4.78, 5) is 0. The van der Waals surface area contributed by atoms with E-state index >= 15 is 0 Å². The number of nitrogens with zero attached hydrogens (tertiary/aromatic N) is 3. The standard InChI is InChI=1S/C23H19N3OS/c1-3-13-26-22(16-12-14-27-15(16)2)24-25-23(26)28-21-19-10-6-4-8-17(19)18-9-5-7-11-20(18)21/h3-12,14,21H,1,13H2,2H3. The maximum Gasteiger partial charge on any atom is 0.192 e. The molecule has 0 unspecified atom stereocenters. The van der Waals surface area contributed by atoms with Crippen LogP contribution in [0.1, 0.15) is 22.1 Å². The van der Waals surface area contributed by atoms with Crippen molar-refractivity contribution in [2.75, 3.05) is 0 Å². The van der Waals surface area contributed by atoms with Crippen LogP contribution in [0.25, 0.3) is 22.5 Å². The van der Waals surface area contributed by atoms with Gasteiger partial charge in [-0.1, -0.05) is 66.4 Å². The highest BCUT2D eigenvalue weighted by Gasteiger charge is 2.30. The molecular formula is C23H19N3OS. The number of thioether (sulfide) groups is 1. The molecule has 1 aliphatic rings. The van der Waals surface area contributed by atoms with E-state index in [1.54, 1.807) is 18.0 Å². The Morgan fingerprint density at radius 1 is 1.00 bits per heavy atom. The Balaban J connectivity index is 1.60. The van der Waals surface area contributed by atoms with Crippen LogP contribution >= 0.6 is 11.8 Å². The second-order valence-electron chi connectivity index (χ2n) is 6.77. The molecule has 28 heavy (non-hydrogen) atoms. The van der Waals surface area contributed by atoms with E-state index in [2.05, 4.69) is 69.9 Å². The van der Waals surface area contributed by atoms with Gasteiger partial charge in [0.1, 0.15) is 5.76 Å². The Bertz CT molecular complexity index is 1130. The molecule has 4 nitrogen and oxygen atoms in total. The molecule has 0 atom stereocenters. The van der Waals surface area contributed by atoms with E-state index in [0.29, 0.717) is 6.54 Å². The number of hydrogen-bond donors (Lipinski definition) is 0. The molecular weight excluding hydrogens is 366 g/mol. The summed E-state index contributed by atoms with van der Waals surface area (Å²) in [7, 11) is 0. The summed E-state index contributed by atoms with van der Waals surface area (Å²) in [6.45, 7) is 6.50. The average Bonchev–Trinajstić information content (AvgIpc) is 3.40. The highest BCUT2D eigenvalue weighted by atomic mass is 32.2. The minimum Gasteiger partial charge on any atom is -0.469 e. The predicted octanol–water partition coefficient (Wildman–Crippen LogP) is 5.89. The van der Waals surface area contributed by atoms with Crippen LogP contribution in [-0.4, -0.2) is 14.8 Å². The molecule has 0 N–H and O–H groups in total. The van der Waals surface area contributed by atoms with Gasteiger partial charge in [0.25, 0.3) is 0 Å². The SMILES string of the molecule is C=CCn1c(SC2c3ccccc3-c3ccccc32)nnc1-c1ccoc1C. The van der Waals surface area contributed by atoms with Gasteiger partial charge in [-0.25, -0.2) is 0 Å². The molecule has 5 heteroatoms. The zero-order chi connectivity index (χ0) is 19.1. The summed E-state index contributed by atoms with van der Waals surface area (Å²) in [6.07, 6.45) is 3.57. The van der Waals surface area contributed by atoms with Crippen LogP contribution in [0.2, 0.25) is 0 Å². The molecule has 5 rings (SSSR count). The van der Waals surface area contributed by atoms with E-state index in [-0.39, 0.29) is 5.25 Å². The van der Waals surface area contributed by atoms with Crippen molar-refractivity contribution in [3.8, 4) is 22.5 Å². The monoisotopic (exact) mass is 385 g/mol. The predicted molar refractivity (Wildman–Crippen MR) is 112 cm³/mol. The average molecular weight is 385 g/mol. The second kappa shape index (κ2) is 6.84. The lowest BCUT2D eigenvalue weighted by atomic mass is 10.1. The van der Waals surface area contributed by atoms with E-state index in [4.69, 9.17) is 4.42 Å². The number of fused-ring (bicyclic) bond motifs is 3. The Kier molecular flexibility index (Phi) is 4.17. The van der Waals surface area contributed by atoms with Gasteiger partial charge in [0.2, 0.25) is 0 Å². The number of benzene rings is 2. The van der Waals surface area contributed by atoms with E-state index in [1.165, 1.54) is 22.3 Å². The summed E-state index contributed by atoms with van der Waals surface area (Å²) in [5, 5.41) is 10.1. The van der Waals surface area contributed by atoms with Crippen molar-refractivity contribution in [1.29, 1.82) is 0 Å². The summed E-state index contributed by atoms with van der Waals surface area (Å²) < 4.78 is 7.58. The zero-order valence-electron chi connectivity index (χ0n) is 15.5. The first-order valence-corrected chi connectivity index (χ1v) is 10.1. The Morgan fingerprint density at radius 3 is 2.29 bits per heavy atom. The minimum absolute atomic E-state index is 0.193. The lowest BCUT2D eigenvalue weighted by Crippen LogP contribution is -2.02. The highest BCUT2D eigenvalue weighted by molar-refractivity contribution is 7.99.